The van der Waals surface area contributed by atoms with Gasteiger partial charge in [-0.2, -0.15) is 0 Å². The molecule has 0 aromatic carbocycles. The molecule has 3 rings (SSSR count). The molecule has 0 aromatic heterocycles. The molecule has 0 aromatic rings. The molecule has 3 aliphatic carbocycles. The van der Waals surface area contributed by atoms with Crippen molar-refractivity contribution in [2.24, 2.45) is 28.6 Å². The van der Waals surface area contributed by atoms with Gasteiger partial charge in [0.2, 0.25) is 0 Å². The highest BCUT2D eigenvalue weighted by molar-refractivity contribution is 6.31. The molecule has 0 bridgehead atoms. The molecule has 6 heteroatoms. The molecule has 0 unspecified atom stereocenters. The minimum atomic E-state index is -1.63. The Morgan fingerprint density at radius 2 is 1.50 bits per heavy atom. The van der Waals surface area contributed by atoms with Gasteiger partial charge < -0.3 is 15.3 Å². The van der Waals surface area contributed by atoms with Crippen LogP contribution in [0.2, 0.25) is 0 Å². The maximum absolute atomic E-state index is 14.7. The summed E-state index contributed by atoms with van der Waals surface area (Å²) in [5, 5.41) is 34.6. The lowest BCUT2D eigenvalue weighted by Gasteiger charge is -2.55. The van der Waals surface area contributed by atoms with Gasteiger partial charge in [-0.25, -0.2) is 0 Å². The number of Topliss-reactive ketones (excluding diaryl/α,β-unsaturated/α-hetero) is 3. The van der Waals surface area contributed by atoms with Crippen LogP contribution >= 0.6 is 0 Å². The van der Waals surface area contributed by atoms with Gasteiger partial charge in [-0.15, -0.1) is 0 Å². The van der Waals surface area contributed by atoms with Gasteiger partial charge >= 0.3 is 0 Å². The van der Waals surface area contributed by atoms with Crippen LogP contribution in [0.3, 0.4) is 0 Å². The van der Waals surface area contributed by atoms with Crippen molar-refractivity contribution < 1.29 is 29.7 Å². The molecule has 3 N–H and O–H groups in total. The first-order valence-corrected chi connectivity index (χ1v) is 13.2. The third-order valence-electron chi connectivity index (χ3n) is 8.98. The minimum Gasteiger partial charge on any atom is -0.510 e. The van der Waals surface area contributed by atoms with Gasteiger partial charge in [0, 0.05) is 5.92 Å². The van der Waals surface area contributed by atoms with E-state index < -0.39 is 57.0 Å². The molecule has 3 aliphatic rings. The summed E-state index contributed by atoms with van der Waals surface area (Å²) in [7, 11) is 0. The van der Waals surface area contributed by atoms with Crippen molar-refractivity contribution in [3.8, 4) is 0 Å². The molecular formula is C30H44O6. The number of carbonyl (C=O) groups is 3. The van der Waals surface area contributed by atoms with Crippen LogP contribution < -0.4 is 0 Å². The van der Waals surface area contributed by atoms with Crippen LogP contribution in [0, 0.1) is 28.6 Å². The van der Waals surface area contributed by atoms with E-state index in [4.69, 9.17) is 0 Å². The molecule has 0 radical (unpaired) electrons. The molecule has 6 nitrogen and oxygen atoms in total. The average molecular weight is 501 g/mol. The van der Waals surface area contributed by atoms with Crippen molar-refractivity contribution in [2.75, 3.05) is 0 Å². The van der Waals surface area contributed by atoms with Gasteiger partial charge in [0.25, 0.3) is 0 Å². The van der Waals surface area contributed by atoms with Crippen molar-refractivity contribution in [3.63, 3.8) is 0 Å². The summed E-state index contributed by atoms with van der Waals surface area (Å²) in [5.74, 6) is -3.36. The van der Waals surface area contributed by atoms with Crippen LogP contribution in [0.4, 0.5) is 0 Å². The summed E-state index contributed by atoms with van der Waals surface area (Å²) < 4.78 is 0. The van der Waals surface area contributed by atoms with Crippen molar-refractivity contribution in [3.05, 3.63) is 34.6 Å². The quantitative estimate of drug-likeness (QED) is 0.263. The summed E-state index contributed by atoms with van der Waals surface area (Å²) in [4.78, 5) is 42.3. The first-order valence-electron chi connectivity index (χ1n) is 13.2. The Morgan fingerprint density at radius 3 is 1.97 bits per heavy atom. The van der Waals surface area contributed by atoms with Crippen LogP contribution in [0.15, 0.2) is 34.6 Å². The Labute approximate surface area is 215 Å². The molecule has 2 saturated carbocycles. The Hall–Kier alpha value is -2.05. The lowest BCUT2D eigenvalue weighted by molar-refractivity contribution is -0.168. The number of allylic oxidation sites excluding steroid dienone is 6. The zero-order chi connectivity index (χ0) is 27.4. The topological polar surface area (TPSA) is 112 Å². The van der Waals surface area contributed by atoms with Crippen LogP contribution in [-0.4, -0.2) is 43.9 Å². The standard InChI is InChI=1S/C30H44O6/c1-17(2)9-13-29(14-10-18(3)4)24(32)22(23(31)19(5)6)25(33)30(26(29)34)15-21-20(28(8,36)16-30)11-12-27(21,7)35/h9-10,19-21,33,35-36H,11-16H2,1-8H3/t20-,21+,27-,28-,30+/m1/s1. The summed E-state index contributed by atoms with van der Waals surface area (Å²) in [5.41, 5.74) is -4.13. The maximum atomic E-state index is 14.7. The van der Waals surface area contributed by atoms with Crippen molar-refractivity contribution in [1.82, 2.24) is 0 Å². The SMILES string of the molecule is CC(C)=CCC1(CC=C(C)C)C(=O)C(C(=O)C(C)C)=C(O)[C@@]2(C[C@H]3[C@@H](CC[C@@]3(C)O)[C@](C)(O)C2)C1=O. The van der Waals surface area contributed by atoms with Crippen LogP contribution in [0.1, 0.15) is 93.9 Å². The molecule has 0 saturated heterocycles. The molecule has 0 aliphatic heterocycles. The molecule has 200 valence electrons. The van der Waals surface area contributed by atoms with Gasteiger partial charge in [0.1, 0.15) is 16.7 Å². The minimum absolute atomic E-state index is 0.0878. The molecule has 1 spiro atoms. The fourth-order valence-electron chi connectivity index (χ4n) is 6.90. The van der Waals surface area contributed by atoms with E-state index in [2.05, 4.69) is 0 Å². The fraction of sp³-hybridized carbons (Fsp3) is 0.700. The van der Waals surface area contributed by atoms with Gasteiger partial charge in [-0.1, -0.05) is 37.1 Å². The van der Waals surface area contributed by atoms with Gasteiger partial charge in [0.05, 0.1) is 16.6 Å². The number of hydrogen-bond donors (Lipinski definition) is 3. The van der Waals surface area contributed by atoms with E-state index in [1.54, 1.807) is 27.7 Å². The first-order chi connectivity index (χ1) is 16.4. The predicted molar refractivity (Wildman–Crippen MR) is 139 cm³/mol. The van der Waals surface area contributed by atoms with E-state index in [9.17, 15) is 29.7 Å². The summed E-state index contributed by atoms with van der Waals surface area (Å²) in [6.45, 7) is 14.3. The molecule has 2 fully saturated rings. The highest BCUT2D eigenvalue weighted by Gasteiger charge is 2.69. The van der Waals surface area contributed by atoms with Gasteiger partial charge in [0.15, 0.2) is 17.3 Å². The Bertz CT molecular complexity index is 1030. The second-order valence-electron chi connectivity index (χ2n) is 12.9. The van der Waals surface area contributed by atoms with Crippen molar-refractivity contribution >= 4 is 17.3 Å². The summed E-state index contributed by atoms with van der Waals surface area (Å²) >= 11 is 0. The highest BCUT2D eigenvalue weighted by Crippen LogP contribution is 2.63. The maximum Gasteiger partial charge on any atom is 0.184 e. The Morgan fingerprint density at radius 1 is 0.972 bits per heavy atom. The smallest absolute Gasteiger partial charge is 0.184 e. The molecular weight excluding hydrogens is 456 g/mol. The average Bonchev–Trinajstić information content (AvgIpc) is 3.07. The van der Waals surface area contributed by atoms with Crippen LogP contribution in [-0.2, 0) is 14.4 Å². The van der Waals surface area contributed by atoms with Gasteiger partial charge in [-0.3, -0.25) is 14.4 Å². The number of fused-ring (bicyclic) bond motifs is 1. The number of aliphatic hydroxyl groups excluding tert-OH is 1. The largest absolute Gasteiger partial charge is 0.510 e. The number of hydrogen-bond acceptors (Lipinski definition) is 6. The molecule has 36 heavy (non-hydrogen) atoms. The normalized spacial score (nSPS) is 35.8. The summed E-state index contributed by atoms with van der Waals surface area (Å²) in [6, 6.07) is 0. The van der Waals surface area contributed by atoms with E-state index in [1.165, 1.54) is 0 Å². The van der Waals surface area contributed by atoms with E-state index in [0.29, 0.717) is 12.8 Å². The third-order valence-corrected chi connectivity index (χ3v) is 8.98. The van der Waals surface area contributed by atoms with Crippen molar-refractivity contribution in [2.45, 2.75) is 105 Å². The number of aliphatic hydroxyl groups is 3. The van der Waals surface area contributed by atoms with Gasteiger partial charge in [-0.05, 0) is 91.9 Å². The lowest BCUT2D eigenvalue weighted by atomic mass is 9.48. The number of ketones is 3. The monoisotopic (exact) mass is 500 g/mol. The molecule has 5 atom stereocenters. The van der Waals surface area contributed by atoms with E-state index in [-0.39, 0.29) is 37.2 Å². The van der Waals surface area contributed by atoms with E-state index >= 15 is 0 Å². The Balaban J connectivity index is 2.37. The summed E-state index contributed by atoms with van der Waals surface area (Å²) in [6.07, 6.45) is 4.99. The lowest BCUT2D eigenvalue weighted by Crippen LogP contribution is -2.62. The second-order valence-corrected chi connectivity index (χ2v) is 12.9. The van der Waals surface area contributed by atoms with Crippen LogP contribution in [0.5, 0.6) is 0 Å². The van der Waals surface area contributed by atoms with E-state index in [1.807, 2.05) is 39.8 Å². The third kappa shape index (κ3) is 4.45. The predicted octanol–water partition coefficient (Wildman–Crippen LogP) is 5.18. The number of rotatable bonds is 6. The molecule has 0 heterocycles. The number of carbonyl (C=O) groups excluding carboxylic acids is 3. The fourth-order valence-corrected chi connectivity index (χ4v) is 6.90. The zero-order valence-electron chi connectivity index (χ0n) is 23.2. The highest BCUT2D eigenvalue weighted by atomic mass is 16.3. The van der Waals surface area contributed by atoms with E-state index in [0.717, 1.165) is 11.1 Å². The first kappa shape index (κ1) is 28.5. The molecule has 0 amide bonds. The zero-order valence-corrected chi connectivity index (χ0v) is 23.2. The van der Waals surface area contributed by atoms with Crippen LogP contribution in [0.25, 0.3) is 0 Å². The second kappa shape index (κ2) is 9.36. The Kier molecular flexibility index (Phi) is 7.41. The van der Waals surface area contributed by atoms with Crippen molar-refractivity contribution in [1.29, 1.82) is 0 Å².